The van der Waals surface area contributed by atoms with Crippen LogP contribution in [0.5, 0.6) is 0 Å². The number of nitrogens with zero attached hydrogens (tertiary/aromatic N) is 2. The Hall–Kier alpha value is -7.04. The van der Waals surface area contributed by atoms with Gasteiger partial charge in [0.2, 0.25) is 0 Å². The van der Waals surface area contributed by atoms with E-state index in [0.717, 1.165) is 35.5 Å². The van der Waals surface area contributed by atoms with E-state index in [1.165, 1.54) is 106 Å². The fourth-order valence-electron chi connectivity index (χ4n) is 13.5. The second-order valence-corrected chi connectivity index (χ2v) is 22.7. The molecule has 1 aromatic heterocycles. The molecule has 8 aromatic carbocycles. The van der Waals surface area contributed by atoms with Gasteiger partial charge in [-0.15, -0.1) is 0 Å². The Balaban J connectivity index is 1.14. The summed E-state index contributed by atoms with van der Waals surface area (Å²) in [5.74, 6) is 0. The van der Waals surface area contributed by atoms with Crippen LogP contribution >= 0.6 is 0 Å². The summed E-state index contributed by atoms with van der Waals surface area (Å²) in [6.07, 6.45) is 2.28. The van der Waals surface area contributed by atoms with Crippen LogP contribution in [0.15, 0.2) is 168 Å². The first-order chi connectivity index (χ1) is 32.8. The fourth-order valence-corrected chi connectivity index (χ4v) is 13.5. The molecule has 0 amide bonds. The van der Waals surface area contributed by atoms with Crippen molar-refractivity contribution in [2.75, 3.05) is 9.71 Å². The zero-order valence-electron chi connectivity index (χ0n) is 40.4. The van der Waals surface area contributed by atoms with Crippen molar-refractivity contribution in [2.24, 2.45) is 0 Å². The van der Waals surface area contributed by atoms with Gasteiger partial charge in [0.15, 0.2) is 0 Å². The van der Waals surface area contributed by atoms with E-state index in [4.69, 9.17) is 4.42 Å². The molecule has 1 spiro atoms. The highest BCUT2D eigenvalue weighted by molar-refractivity contribution is 6.93. The van der Waals surface area contributed by atoms with Gasteiger partial charge in [0.1, 0.15) is 11.2 Å². The van der Waals surface area contributed by atoms with Gasteiger partial charge in [0, 0.05) is 33.6 Å². The van der Waals surface area contributed by atoms with E-state index in [1.54, 1.807) is 0 Å². The summed E-state index contributed by atoms with van der Waals surface area (Å²) in [7, 11) is 0. The minimum Gasteiger partial charge on any atom is -0.466 e. The van der Waals surface area contributed by atoms with Crippen molar-refractivity contribution in [3.63, 3.8) is 0 Å². The van der Waals surface area contributed by atoms with Crippen LogP contribution in [0.4, 0.5) is 28.4 Å². The maximum atomic E-state index is 7.75. The number of aryl methyl sites for hydroxylation is 1. The number of benzene rings is 8. The molecule has 3 aliphatic heterocycles. The SMILES string of the molecule is Cc1cc2c3c(c1)N(c1ccc(C(C)(C)C)cc1-c1ccccc1)c1c(oc4cc5c(cc14)C(C)(C)CCC5(C)C)B3N1c3ccccc3C3(c4ccccc4-c4ccccc43)c3cccc-2c31. The molecule has 0 atom stereocenters. The molecule has 0 N–H and O–H groups in total. The van der Waals surface area contributed by atoms with E-state index in [0.29, 0.717) is 0 Å². The van der Waals surface area contributed by atoms with Crippen LogP contribution in [0.1, 0.15) is 106 Å². The predicted octanol–water partition coefficient (Wildman–Crippen LogP) is 15.4. The molecule has 0 unspecified atom stereocenters. The van der Waals surface area contributed by atoms with Gasteiger partial charge in [0.25, 0.3) is 0 Å². The molecule has 0 saturated carbocycles. The van der Waals surface area contributed by atoms with Gasteiger partial charge in [-0.25, -0.2) is 0 Å². The number of fused-ring (bicyclic) bond motifs is 16. The number of hydrogen-bond acceptors (Lipinski definition) is 3. The maximum absolute atomic E-state index is 7.75. The summed E-state index contributed by atoms with van der Waals surface area (Å²) in [4.78, 5) is 5.31. The summed E-state index contributed by atoms with van der Waals surface area (Å²) in [5, 5.41) is 1.18. The fraction of sp³-hybridized carbons (Fsp3) is 0.219. The molecule has 9 aromatic rings. The van der Waals surface area contributed by atoms with Crippen LogP contribution in [-0.4, -0.2) is 6.85 Å². The summed E-state index contributed by atoms with van der Waals surface area (Å²) in [5.41, 5.74) is 27.0. The molecule has 4 heteroatoms. The standard InChI is InChI=1S/C64H55BN2O/c1-38-33-45-43-23-18-27-50-58(43)67(54-28-17-16-26-49(54)64(50)47-24-14-12-21-41(47)42-22-13-15-25-48(42)64)65-57(45)55(34-38)66(53-30-29-40(61(2,3)4)35-44(53)39-19-10-9-11-20-39)59-46-36-51-52(37-56(46)68-60(59)65)63(7,8)32-31-62(51,5)6/h9-30,33-37H,31-32H2,1-8H3. The number of furan rings is 1. The summed E-state index contributed by atoms with van der Waals surface area (Å²) in [6.45, 7) is 18.7. The van der Waals surface area contributed by atoms with Gasteiger partial charge >= 0.3 is 6.85 Å². The molecule has 0 radical (unpaired) electrons. The Morgan fingerprint density at radius 1 is 0.500 bits per heavy atom. The molecule has 0 fully saturated rings. The smallest absolute Gasteiger partial charge is 0.375 e. The minimum atomic E-state index is -0.511. The van der Waals surface area contributed by atoms with Crippen molar-refractivity contribution in [3.05, 3.63) is 208 Å². The Labute approximate surface area is 401 Å². The lowest BCUT2D eigenvalue weighted by atomic mass is 9.44. The van der Waals surface area contributed by atoms with E-state index in [2.05, 4.69) is 229 Å². The topological polar surface area (TPSA) is 19.6 Å². The Kier molecular flexibility index (Phi) is 7.87. The predicted molar refractivity (Wildman–Crippen MR) is 285 cm³/mol. The van der Waals surface area contributed by atoms with Crippen molar-refractivity contribution in [1.82, 2.24) is 0 Å². The van der Waals surface area contributed by atoms with E-state index in [9.17, 15) is 0 Å². The zero-order chi connectivity index (χ0) is 46.2. The minimum absolute atomic E-state index is 0.0145. The van der Waals surface area contributed by atoms with Gasteiger partial charge < -0.3 is 14.1 Å². The van der Waals surface area contributed by atoms with Gasteiger partial charge in [0.05, 0.1) is 16.8 Å². The molecule has 330 valence electrons. The van der Waals surface area contributed by atoms with Gasteiger partial charge in [-0.3, -0.25) is 0 Å². The molecular formula is C64H55BN2O. The lowest BCUT2D eigenvalue weighted by Gasteiger charge is -2.51. The molecule has 2 aliphatic carbocycles. The third-order valence-electron chi connectivity index (χ3n) is 16.9. The van der Waals surface area contributed by atoms with Crippen LogP contribution in [0, 0.1) is 6.92 Å². The van der Waals surface area contributed by atoms with Crippen molar-refractivity contribution in [1.29, 1.82) is 0 Å². The maximum Gasteiger partial charge on any atom is 0.375 e. The number of hydrogen-bond donors (Lipinski definition) is 0. The average molecular weight is 879 g/mol. The van der Waals surface area contributed by atoms with Crippen molar-refractivity contribution in [3.8, 4) is 33.4 Å². The summed E-state index contributed by atoms with van der Waals surface area (Å²) in [6, 6.07) is 62.9. The van der Waals surface area contributed by atoms with Gasteiger partial charge in [-0.1, -0.05) is 176 Å². The van der Waals surface area contributed by atoms with Crippen molar-refractivity contribution < 1.29 is 4.42 Å². The highest BCUT2D eigenvalue weighted by atomic mass is 16.3. The third-order valence-corrected chi connectivity index (χ3v) is 16.9. The number of rotatable bonds is 2. The third kappa shape index (κ3) is 5.06. The van der Waals surface area contributed by atoms with Crippen LogP contribution in [0.3, 0.4) is 0 Å². The molecular weight excluding hydrogens is 824 g/mol. The monoisotopic (exact) mass is 878 g/mol. The lowest BCUT2D eigenvalue weighted by molar-refractivity contribution is 0.332. The lowest BCUT2D eigenvalue weighted by Crippen LogP contribution is -2.62. The number of para-hydroxylation sites is 2. The first-order valence-electron chi connectivity index (χ1n) is 24.8. The van der Waals surface area contributed by atoms with E-state index in [-0.39, 0.29) is 23.1 Å². The quantitative estimate of drug-likeness (QED) is 0.161. The Morgan fingerprint density at radius 2 is 1.12 bits per heavy atom. The van der Waals surface area contributed by atoms with Crippen LogP contribution < -0.4 is 20.8 Å². The first-order valence-corrected chi connectivity index (χ1v) is 24.8. The highest BCUT2D eigenvalue weighted by Gasteiger charge is 2.57. The second kappa shape index (κ2) is 13.4. The van der Waals surface area contributed by atoms with Gasteiger partial charge in [-0.2, -0.15) is 0 Å². The molecule has 0 bridgehead atoms. The van der Waals surface area contributed by atoms with Crippen LogP contribution in [-0.2, 0) is 21.7 Å². The molecule has 3 nitrogen and oxygen atoms in total. The molecule has 0 saturated heterocycles. The van der Waals surface area contributed by atoms with E-state index in [1.807, 2.05) is 0 Å². The second-order valence-electron chi connectivity index (χ2n) is 22.7. The molecule has 5 aliphatic rings. The van der Waals surface area contributed by atoms with Crippen LogP contribution in [0.2, 0.25) is 0 Å². The highest BCUT2D eigenvalue weighted by Crippen LogP contribution is 2.65. The van der Waals surface area contributed by atoms with E-state index >= 15 is 0 Å². The Bertz CT molecular complexity index is 3610. The number of anilines is 5. The van der Waals surface area contributed by atoms with Crippen LogP contribution in [0.25, 0.3) is 44.3 Å². The van der Waals surface area contributed by atoms with Gasteiger partial charge in [-0.05, 0) is 145 Å². The normalized spacial score (nSPS) is 17.0. The van der Waals surface area contributed by atoms with Crippen molar-refractivity contribution in [2.45, 2.75) is 89.9 Å². The first kappa shape index (κ1) is 40.1. The summed E-state index contributed by atoms with van der Waals surface area (Å²) >= 11 is 0. The molecule has 4 heterocycles. The Morgan fingerprint density at radius 3 is 1.82 bits per heavy atom. The summed E-state index contributed by atoms with van der Waals surface area (Å²) < 4.78 is 7.75. The molecule has 14 rings (SSSR count). The zero-order valence-corrected chi connectivity index (χ0v) is 40.4. The largest absolute Gasteiger partial charge is 0.466 e. The van der Waals surface area contributed by atoms with E-state index < -0.39 is 5.41 Å². The average Bonchev–Trinajstić information content (AvgIpc) is 3.86. The van der Waals surface area contributed by atoms with Crippen molar-refractivity contribution >= 4 is 57.4 Å². The molecule has 68 heavy (non-hydrogen) atoms.